The van der Waals surface area contributed by atoms with Crippen LogP contribution < -0.4 is 15.2 Å². The maximum atomic E-state index is 5.82. The van der Waals surface area contributed by atoms with E-state index in [1.165, 1.54) is 31.2 Å². The third-order valence-corrected chi connectivity index (χ3v) is 3.29. The van der Waals surface area contributed by atoms with Crippen LogP contribution in [0.5, 0.6) is 11.5 Å². The molecule has 2 N–H and O–H groups in total. The zero-order valence-corrected chi connectivity index (χ0v) is 13.2. The van der Waals surface area contributed by atoms with E-state index in [0.29, 0.717) is 0 Å². The Morgan fingerprint density at radius 1 is 1.10 bits per heavy atom. The minimum Gasteiger partial charge on any atom is -0.493 e. The molecular formula is C17H29NO2. The normalized spacial score (nSPS) is 12.2. The Kier molecular flexibility index (Phi) is 8.12. The summed E-state index contributed by atoms with van der Waals surface area (Å²) in [5.41, 5.74) is 7.01. The summed E-state index contributed by atoms with van der Waals surface area (Å²) in [7, 11) is 1.68. The van der Waals surface area contributed by atoms with E-state index in [2.05, 4.69) is 13.0 Å². The molecule has 0 bridgehead atoms. The molecule has 0 spiro atoms. The fraction of sp³-hybridized carbons (Fsp3) is 0.647. The smallest absolute Gasteiger partial charge is 0.161 e. The van der Waals surface area contributed by atoms with Gasteiger partial charge in [-0.25, -0.2) is 0 Å². The summed E-state index contributed by atoms with van der Waals surface area (Å²) in [5.74, 6) is 1.63. The molecule has 0 aliphatic carbocycles. The summed E-state index contributed by atoms with van der Waals surface area (Å²) in [5, 5.41) is 0. The number of unbranched alkanes of at least 4 members (excludes halogenated alkanes) is 4. The van der Waals surface area contributed by atoms with E-state index in [1.54, 1.807) is 7.11 Å². The Balaban J connectivity index is 2.44. The summed E-state index contributed by atoms with van der Waals surface area (Å²) in [6.07, 6.45) is 7.08. The Hall–Kier alpha value is -1.22. The molecule has 0 radical (unpaired) electrons. The highest BCUT2D eigenvalue weighted by Crippen LogP contribution is 2.28. The average Bonchev–Trinajstić information content (AvgIpc) is 2.43. The lowest BCUT2D eigenvalue weighted by molar-refractivity contribution is 0.284. The SMILES string of the molecule is CCCCCCCOc1ccc(CC(C)N)cc1OC. The average molecular weight is 279 g/mol. The molecule has 0 aliphatic heterocycles. The lowest BCUT2D eigenvalue weighted by Gasteiger charge is -2.13. The molecule has 20 heavy (non-hydrogen) atoms. The molecule has 1 rings (SSSR count). The largest absolute Gasteiger partial charge is 0.493 e. The molecule has 1 unspecified atom stereocenters. The molecule has 0 saturated carbocycles. The van der Waals surface area contributed by atoms with Gasteiger partial charge in [-0.2, -0.15) is 0 Å². The van der Waals surface area contributed by atoms with Gasteiger partial charge in [-0.15, -0.1) is 0 Å². The number of methoxy groups -OCH3 is 1. The highest BCUT2D eigenvalue weighted by Gasteiger charge is 2.07. The van der Waals surface area contributed by atoms with Crippen molar-refractivity contribution in [2.75, 3.05) is 13.7 Å². The molecular weight excluding hydrogens is 250 g/mol. The number of benzene rings is 1. The molecule has 3 heteroatoms. The molecule has 0 aromatic heterocycles. The standard InChI is InChI=1S/C17H29NO2/c1-4-5-6-7-8-11-20-16-10-9-15(12-14(2)18)13-17(16)19-3/h9-10,13-14H,4-8,11-12,18H2,1-3H3. The topological polar surface area (TPSA) is 44.5 Å². The molecule has 1 aromatic rings. The minimum atomic E-state index is 0.157. The van der Waals surface area contributed by atoms with Crippen LogP contribution in [0.15, 0.2) is 18.2 Å². The summed E-state index contributed by atoms with van der Waals surface area (Å²) in [6, 6.07) is 6.24. The predicted octanol–water partition coefficient (Wildman–Crippen LogP) is 3.93. The van der Waals surface area contributed by atoms with Gasteiger partial charge in [-0.1, -0.05) is 38.7 Å². The third-order valence-electron chi connectivity index (χ3n) is 3.29. The number of ether oxygens (including phenoxy) is 2. The molecule has 0 heterocycles. The molecule has 0 saturated heterocycles. The van der Waals surface area contributed by atoms with E-state index in [9.17, 15) is 0 Å². The first-order valence-corrected chi connectivity index (χ1v) is 7.72. The predicted molar refractivity (Wildman–Crippen MR) is 84.6 cm³/mol. The molecule has 3 nitrogen and oxygen atoms in total. The van der Waals surface area contributed by atoms with E-state index < -0.39 is 0 Å². The van der Waals surface area contributed by atoms with Crippen molar-refractivity contribution >= 4 is 0 Å². The van der Waals surface area contributed by atoms with Crippen molar-refractivity contribution < 1.29 is 9.47 Å². The molecule has 1 atom stereocenters. The van der Waals surface area contributed by atoms with Gasteiger partial charge in [0.2, 0.25) is 0 Å². The molecule has 1 aromatic carbocycles. The summed E-state index contributed by atoms with van der Waals surface area (Å²) >= 11 is 0. The monoisotopic (exact) mass is 279 g/mol. The second-order valence-corrected chi connectivity index (χ2v) is 5.43. The lowest BCUT2D eigenvalue weighted by Crippen LogP contribution is -2.17. The zero-order valence-electron chi connectivity index (χ0n) is 13.2. The van der Waals surface area contributed by atoms with E-state index in [4.69, 9.17) is 15.2 Å². The van der Waals surface area contributed by atoms with Gasteiger partial charge in [0.25, 0.3) is 0 Å². The quantitative estimate of drug-likeness (QED) is 0.660. The van der Waals surface area contributed by atoms with E-state index in [0.717, 1.165) is 30.9 Å². The summed E-state index contributed by atoms with van der Waals surface area (Å²) < 4.78 is 11.2. The maximum absolute atomic E-state index is 5.82. The number of hydrogen-bond acceptors (Lipinski definition) is 3. The van der Waals surface area contributed by atoms with Crippen LogP contribution in [0.4, 0.5) is 0 Å². The van der Waals surface area contributed by atoms with Crippen molar-refractivity contribution in [2.45, 2.75) is 58.4 Å². The lowest BCUT2D eigenvalue weighted by atomic mass is 10.1. The van der Waals surface area contributed by atoms with Crippen LogP contribution >= 0.6 is 0 Å². The fourth-order valence-electron chi connectivity index (χ4n) is 2.22. The summed E-state index contributed by atoms with van der Waals surface area (Å²) in [6.45, 7) is 4.99. The fourth-order valence-corrected chi connectivity index (χ4v) is 2.22. The molecule has 0 fully saturated rings. The summed E-state index contributed by atoms with van der Waals surface area (Å²) in [4.78, 5) is 0. The van der Waals surface area contributed by atoms with Gasteiger partial charge >= 0.3 is 0 Å². The van der Waals surface area contributed by atoms with Crippen LogP contribution in [-0.4, -0.2) is 19.8 Å². The zero-order chi connectivity index (χ0) is 14.8. The third kappa shape index (κ3) is 6.29. The van der Waals surface area contributed by atoms with Crippen LogP contribution in [0.25, 0.3) is 0 Å². The second kappa shape index (κ2) is 9.65. The van der Waals surface area contributed by atoms with Gasteiger partial charge in [0.1, 0.15) is 0 Å². The minimum absolute atomic E-state index is 0.157. The van der Waals surface area contributed by atoms with Crippen molar-refractivity contribution in [2.24, 2.45) is 5.73 Å². The highest BCUT2D eigenvalue weighted by atomic mass is 16.5. The molecule has 0 aliphatic rings. The van der Waals surface area contributed by atoms with Crippen molar-refractivity contribution in [3.05, 3.63) is 23.8 Å². The van der Waals surface area contributed by atoms with Gasteiger partial charge < -0.3 is 15.2 Å². The van der Waals surface area contributed by atoms with Gasteiger partial charge in [-0.05, 0) is 37.5 Å². The second-order valence-electron chi connectivity index (χ2n) is 5.43. The number of hydrogen-bond donors (Lipinski definition) is 1. The molecule has 0 amide bonds. The highest BCUT2D eigenvalue weighted by molar-refractivity contribution is 5.43. The Labute approximate surface area is 123 Å². The van der Waals surface area contributed by atoms with Crippen LogP contribution in [-0.2, 0) is 6.42 Å². The van der Waals surface area contributed by atoms with Crippen LogP contribution in [0.1, 0.15) is 51.5 Å². The van der Waals surface area contributed by atoms with E-state index in [1.807, 2.05) is 19.1 Å². The van der Waals surface area contributed by atoms with Crippen LogP contribution in [0.3, 0.4) is 0 Å². The molecule has 114 valence electrons. The van der Waals surface area contributed by atoms with Gasteiger partial charge in [-0.3, -0.25) is 0 Å². The number of rotatable bonds is 10. The maximum Gasteiger partial charge on any atom is 0.161 e. The van der Waals surface area contributed by atoms with Crippen molar-refractivity contribution in [1.29, 1.82) is 0 Å². The van der Waals surface area contributed by atoms with Crippen LogP contribution in [0.2, 0.25) is 0 Å². The Bertz CT molecular complexity index is 377. The van der Waals surface area contributed by atoms with E-state index in [-0.39, 0.29) is 6.04 Å². The number of nitrogens with two attached hydrogens (primary N) is 1. The van der Waals surface area contributed by atoms with Gasteiger partial charge in [0.15, 0.2) is 11.5 Å². The van der Waals surface area contributed by atoms with E-state index >= 15 is 0 Å². The Morgan fingerprint density at radius 2 is 1.85 bits per heavy atom. The Morgan fingerprint density at radius 3 is 2.50 bits per heavy atom. The van der Waals surface area contributed by atoms with Gasteiger partial charge in [0, 0.05) is 6.04 Å². The first-order valence-electron chi connectivity index (χ1n) is 7.72. The van der Waals surface area contributed by atoms with Crippen LogP contribution in [0, 0.1) is 0 Å². The van der Waals surface area contributed by atoms with Crippen molar-refractivity contribution in [3.63, 3.8) is 0 Å². The van der Waals surface area contributed by atoms with Crippen molar-refractivity contribution in [1.82, 2.24) is 0 Å². The first kappa shape index (κ1) is 16.8. The van der Waals surface area contributed by atoms with Crippen molar-refractivity contribution in [3.8, 4) is 11.5 Å². The first-order chi connectivity index (χ1) is 9.67. The van der Waals surface area contributed by atoms with Gasteiger partial charge in [0.05, 0.1) is 13.7 Å².